The molecule has 0 spiro atoms. The lowest BCUT2D eigenvalue weighted by atomic mass is 10.3. The summed E-state index contributed by atoms with van der Waals surface area (Å²) in [6, 6.07) is 7.76. The smallest absolute Gasteiger partial charge is 0.264 e. The first kappa shape index (κ1) is 18.0. The number of nitrogens with zero attached hydrogens (tertiary/aromatic N) is 2. The number of benzene rings is 1. The maximum absolute atomic E-state index is 12.2. The van der Waals surface area contributed by atoms with Gasteiger partial charge in [0.1, 0.15) is 5.75 Å². The van der Waals surface area contributed by atoms with Crippen LogP contribution in [0.1, 0.15) is 32.5 Å². The van der Waals surface area contributed by atoms with Crippen molar-refractivity contribution in [1.82, 2.24) is 14.5 Å². The van der Waals surface area contributed by atoms with Crippen LogP contribution >= 0.6 is 0 Å². The zero-order valence-electron chi connectivity index (χ0n) is 13.9. The molecular weight excluding hydrogens is 330 g/mol. The number of nitrogens with one attached hydrogen (secondary N) is 1. The summed E-state index contributed by atoms with van der Waals surface area (Å²) in [4.78, 5) is 12.0. The molecule has 130 valence electrons. The van der Waals surface area contributed by atoms with Crippen molar-refractivity contribution in [1.29, 1.82) is 0 Å². The van der Waals surface area contributed by atoms with E-state index in [4.69, 9.17) is 4.74 Å². The molecule has 0 saturated carbocycles. The number of hydrogen-bond acceptors (Lipinski definition) is 5. The number of rotatable bonds is 7. The molecule has 0 aliphatic heterocycles. The van der Waals surface area contributed by atoms with E-state index in [9.17, 15) is 13.2 Å². The van der Waals surface area contributed by atoms with Gasteiger partial charge in [-0.3, -0.25) is 9.48 Å². The molecule has 7 nitrogen and oxygen atoms in total. The minimum absolute atomic E-state index is 0.00649. The second-order valence-electron chi connectivity index (χ2n) is 5.49. The Bertz CT molecular complexity index is 795. The summed E-state index contributed by atoms with van der Waals surface area (Å²) in [6.45, 7) is 6.26. The van der Waals surface area contributed by atoms with E-state index in [0.29, 0.717) is 18.1 Å². The average molecular weight is 351 g/mol. The van der Waals surface area contributed by atoms with E-state index in [-0.39, 0.29) is 17.4 Å². The van der Waals surface area contributed by atoms with Gasteiger partial charge in [-0.15, -0.1) is 0 Å². The van der Waals surface area contributed by atoms with Gasteiger partial charge in [-0.1, -0.05) is 0 Å². The van der Waals surface area contributed by atoms with Crippen molar-refractivity contribution in [3.05, 3.63) is 42.2 Å². The number of ether oxygens (including phenoxy) is 1. The molecule has 0 radical (unpaired) electrons. The minimum Gasteiger partial charge on any atom is -0.494 e. The first-order valence-electron chi connectivity index (χ1n) is 7.64. The van der Waals surface area contributed by atoms with Crippen LogP contribution < -0.4 is 9.46 Å². The van der Waals surface area contributed by atoms with Crippen LogP contribution in [0.25, 0.3) is 0 Å². The molecule has 8 heteroatoms. The molecule has 1 aromatic heterocycles. The van der Waals surface area contributed by atoms with Crippen LogP contribution in [-0.2, 0) is 21.2 Å². The van der Waals surface area contributed by atoms with Crippen molar-refractivity contribution >= 4 is 15.9 Å². The summed E-state index contributed by atoms with van der Waals surface area (Å²) in [5, 5.41) is 4.23. The van der Waals surface area contributed by atoms with Gasteiger partial charge in [0.2, 0.25) is 5.91 Å². The van der Waals surface area contributed by atoms with Gasteiger partial charge < -0.3 is 4.74 Å². The van der Waals surface area contributed by atoms with Crippen LogP contribution in [0.2, 0.25) is 0 Å². The van der Waals surface area contributed by atoms with Crippen LogP contribution in [0.4, 0.5) is 0 Å². The third-order valence-corrected chi connectivity index (χ3v) is 4.62. The molecule has 0 bridgehead atoms. The molecule has 2 aromatic rings. The quantitative estimate of drug-likeness (QED) is 0.823. The first-order chi connectivity index (χ1) is 11.3. The molecule has 1 amide bonds. The van der Waals surface area contributed by atoms with Crippen molar-refractivity contribution in [3.8, 4) is 5.75 Å². The largest absolute Gasteiger partial charge is 0.494 e. The predicted octanol–water partition coefficient (Wildman–Crippen LogP) is 1.91. The fourth-order valence-electron chi connectivity index (χ4n) is 2.05. The monoisotopic (exact) mass is 351 g/mol. The van der Waals surface area contributed by atoms with Crippen LogP contribution in [0.3, 0.4) is 0 Å². The van der Waals surface area contributed by atoms with Crippen LogP contribution in [-0.4, -0.2) is 30.7 Å². The molecule has 0 unspecified atom stereocenters. The van der Waals surface area contributed by atoms with Gasteiger partial charge in [0.25, 0.3) is 10.0 Å². The number of aromatic nitrogens is 2. The lowest BCUT2D eigenvalue weighted by molar-refractivity contribution is -0.118. The molecule has 1 N–H and O–H groups in total. The minimum atomic E-state index is -3.91. The Balaban J connectivity index is 2.03. The van der Waals surface area contributed by atoms with E-state index in [0.717, 1.165) is 0 Å². The molecule has 24 heavy (non-hydrogen) atoms. The van der Waals surface area contributed by atoms with Crippen molar-refractivity contribution < 1.29 is 17.9 Å². The molecule has 1 aromatic carbocycles. The molecule has 2 rings (SSSR count). The number of hydrogen-bond donors (Lipinski definition) is 1. The summed E-state index contributed by atoms with van der Waals surface area (Å²) in [7, 11) is -3.91. The highest BCUT2D eigenvalue weighted by molar-refractivity contribution is 7.90. The summed E-state index contributed by atoms with van der Waals surface area (Å²) in [5.41, 5.74) is 0.517. The van der Waals surface area contributed by atoms with Gasteiger partial charge in [-0.25, -0.2) is 13.1 Å². The topological polar surface area (TPSA) is 90.3 Å². The van der Waals surface area contributed by atoms with E-state index < -0.39 is 15.9 Å². The van der Waals surface area contributed by atoms with Crippen LogP contribution in [0.5, 0.6) is 5.75 Å². The van der Waals surface area contributed by atoms with E-state index in [1.165, 1.54) is 12.1 Å². The van der Waals surface area contributed by atoms with Gasteiger partial charge >= 0.3 is 0 Å². The highest BCUT2D eigenvalue weighted by atomic mass is 32.2. The second kappa shape index (κ2) is 7.48. The van der Waals surface area contributed by atoms with E-state index in [1.807, 2.05) is 20.8 Å². The van der Waals surface area contributed by atoms with Gasteiger partial charge in [0, 0.05) is 12.2 Å². The Kier molecular flexibility index (Phi) is 5.61. The Morgan fingerprint density at radius 1 is 1.25 bits per heavy atom. The lowest BCUT2D eigenvalue weighted by Crippen LogP contribution is -2.31. The molecule has 0 aliphatic rings. The van der Waals surface area contributed by atoms with E-state index in [2.05, 4.69) is 9.82 Å². The molecule has 0 atom stereocenters. The zero-order valence-corrected chi connectivity index (χ0v) is 14.7. The molecule has 0 saturated heterocycles. The number of carbonyl (C=O) groups is 1. The fourth-order valence-corrected chi connectivity index (χ4v) is 3.03. The molecule has 0 aliphatic carbocycles. The molecular formula is C16H21N3O4S. The summed E-state index contributed by atoms with van der Waals surface area (Å²) >= 11 is 0. The highest BCUT2D eigenvalue weighted by Gasteiger charge is 2.18. The maximum Gasteiger partial charge on any atom is 0.264 e. The van der Waals surface area contributed by atoms with Crippen LogP contribution in [0, 0.1) is 0 Å². The average Bonchev–Trinajstić information content (AvgIpc) is 2.96. The normalized spacial score (nSPS) is 11.5. The Labute approximate surface area is 141 Å². The number of amides is 1. The van der Waals surface area contributed by atoms with E-state index in [1.54, 1.807) is 29.1 Å². The maximum atomic E-state index is 12.2. The fraction of sp³-hybridized carbons (Fsp3) is 0.375. The molecule has 1 heterocycles. The first-order valence-corrected chi connectivity index (χ1v) is 9.12. The summed E-state index contributed by atoms with van der Waals surface area (Å²) in [5.74, 6) is -0.0557. The third kappa shape index (κ3) is 4.58. The SMILES string of the molecule is CCOc1ccc(S(=O)(=O)NC(=O)Cc2ccn(C(C)C)n2)cc1. The lowest BCUT2D eigenvalue weighted by Gasteiger charge is -2.08. The van der Waals surface area contributed by atoms with E-state index >= 15 is 0 Å². The summed E-state index contributed by atoms with van der Waals surface area (Å²) in [6.07, 6.45) is 1.66. The second-order valence-corrected chi connectivity index (χ2v) is 7.17. The summed E-state index contributed by atoms with van der Waals surface area (Å²) < 4.78 is 33.5. The van der Waals surface area contributed by atoms with Gasteiger partial charge in [0.05, 0.1) is 23.6 Å². The number of carbonyl (C=O) groups excluding carboxylic acids is 1. The van der Waals surface area contributed by atoms with Gasteiger partial charge in [0.15, 0.2) is 0 Å². The van der Waals surface area contributed by atoms with Crippen molar-refractivity contribution in [2.24, 2.45) is 0 Å². The highest BCUT2D eigenvalue weighted by Crippen LogP contribution is 2.16. The standard InChI is InChI=1S/C16H21N3O4S/c1-4-23-14-5-7-15(8-6-14)24(21,22)18-16(20)11-13-9-10-19(17-13)12(2)3/h5-10,12H,4,11H2,1-3H3,(H,18,20). The Morgan fingerprint density at radius 3 is 2.46 bits per heavy atom. The number of sulfonamides is 1. The van der Waals surface area contributed by atoms with Gasteiger partial charge in [-0.05, 0) is 51.1 Å². The van der Waals surface area contributed by atoms with Crippen LogP contribution in [0.15, 0.2) is 41.4 Å². The van der Waals surface area contributed by atoms with Crippen molar-refractivity contribution in [2.75, 3.05) is 6.61 Å². The third-order valence-electron chi connectivity index (χ3n) is 3.23. The predicted molar refractivity (Wildman–Crippen MR) is 89.3 cm³/mol. The molecule has 0 fully saturated rings. The Hall–Kier alpha value is -2.35. The zero-order chi connectivity index (χ0) is 17.7. The van der Waals surface area contributed by atoms with Gasteiger partial charge in [-0.2, -0.15) is 5.10 Å². The Morgan fingerprint density at radius 2 is 1.92 bits per heavy atom. The van der Waals surface area contributed by atoms with Crippen molar-refractivity contribution in [3.63, 3.8) is 0 Å². The van der Waals surface area contributed by atoms with Crippen molar-refractivity contribution in [2.45, 2.75) is 38.1 Å².